The van der Waals surface area contributed by atoms with Gasteiger partial charge in [-0.1, -0.05) is 41.9 Å². The number of aromatic nitrogens is 4. The Morgan fingerprint density at radius 3 is 2.50 bits per heavy atom. The van der Waals surface area contributed by atoms with Crippen molar-refractivity contribution in [2.75, 3.05) is 18.2 Å². The summed E-state index contributed by atoms with van der Waals surface area (Å²) in [5.74, 6) is 0.921. The van der Waals surface area contributed by atoms with Crippen molar-refractivity contribution < 1.29 is 9.13 Å². The van der Waals surface area contributed by atoms with Gasteiger partial charge < -0.3 is 15.8 Å². The SMILES string of the molecule is COc1ccc(-n2nc3nc(NCc4ccccc4)nc(-c4ccc(F)c(Cl)c4)c3c2N)cc1. The quantitative estimate of drug-likeness (QED) is 0.339. The van der Waals surface area contributed by atoms with E-state index in [0.717, 1.165) is 11.3 Å². The van der Waals surface area contributed by atoms with E-state index in [9.17, 15) is 4.39 Å². The van der Waals surface area contributed by atoms with Crippen LogP contribution in [0.3, 0.4) is 0 Å². The van der Waals surface area contributed by atoms with Crippen LogP contribution >= 0.6 is 11.6 Å². The molecule has 0 unspecified atom stereocenters. The van der Waals surface area contributed by atoms with E-state index in [-0.39, 0.29) is 5.02 Å². The third kappa shape index (κ3) is 4.11. The largest absolute Gasteiger partial charge is 0.497 e. The first-order valence-electron chi connectivity index (χ1n) is 10.5. The highest BCUT2D eigenvalue weighted by molar-refractivity contribution is 6.31. The molecule has 7 nitrogen and oxygen atoms in total. The lowest BCUT2D eigenvalue weighted by atomic mass is 10.1. The zero-order valence-electron chi connectivity index (χ0n) is 18.2. The minimum absolute atomic E-state index is 0.0100. The summed E-state index contributed by atoms with van der Waals surface area (Å²) in [4.78, 5) is 9.29. The van der Waals surface area contributed by atoms with E-state index in [1.54, 1.807) is 17.9 Å². The summed E-state index contributed by atoms with van der Waals surface area (Å²) < 4.78 is 20.7. The molecule has 0 saturated carbocycles. The average molecular weight is 475 g/mol. The van der Waals surface area contributed by atoms with Crippen LogP contribution in [0.5, 0.6) is 5.75 Å². The Hall–Kier alpha value is -4.17. The van der Waals surface area contributed by atoms with Crippen LogP contribution in [-0.2, 0) is 6.54 Å². The molecule has 3 N–H and O–H groups in total. The van der Waals surface area contributed by atoms with Gasteiger partial charge in [0.05, 0.1) is 28.9 Å². The molecule has 2 heterocycles. The fraction of sp³-hybridized carbons (Fsp3) is 0.0800. The summed E-state index contributed by atoms with van der Waals surface area (Å²) in [6.07, 6.45) is 0. The second-order valence-corrected chi connectivity index (χ2v) is 7.96. The molecule has 0 spiro atoms. The predicted molar refractivity (Wildman–Crippen MR) is 132 cm³/mol. The normalized spacial score (nSPS) is 11.0. The maximum Gasteiger partial charge on any atom is 0.225 e. The third-order valence-corrected chi connectivity index (χ3v) is 5.66. The number of fused-ring (bicyclic) bond motifs is 1. The van der Waals surface area contributed by atoms with Gasteiger partial charge in [0.25, 0.3) is 0 Å². The number of nitrogen functional groups attached to an aromatic ring is 1. The minimum Gasteiger partial charge on any atom is -0.497 e. The van der Waals surface area contributed by atoms with E-state index < -0.39 is 5.82 Å². The Balaban J connectivity index is 1.65. The number of hydrogen-bond acceptors (Lipinski definition) is 6. The molecule has 0 radical (unpaired) electrons. The summed E-state index contributed by atoms with van der Waals surface area (Å²) in [6.45, 7) is 0.518. The number of hydrogen-bond donors (Lipinski definition) is 2. The summed E-state index contributed by atoms with van der Waals surface area (Å²) in [7, 11) is 1.60. The average Bonchev–Trinajstić information content (AvgIpc) is 3.21. The lowest BCUT2D eigenvalue weighted by Gasteiger charge is -2.09. The van der Waals surface area contributed by atoms with Crippen LogP contribution in [0, 0.1) is 5.82 Å². The molecule has 170 valence electrons. The summed E-state index contributed by atoms with van der Waals surface area (Å²) in [6, 6.07) is 21.6. The van der Waals surface area contributed by atoms with Gasteiger partial charge in [-0.3, -0.25) is 0 Å². The molecule has 0 aliphatic rings. The molecular weight excluding hydrogens is 455 g/mol. The molecule has 0 aliphatic heterocycles. The van der Waals surface area contributed by atoms with Crippen molar-refractivity contribution >= 4 is 34.4 Å². The number of nitrogens with two attached hydrogens (primary N) is 1. The van der Waals surface area contributed by atoms with Gasteiger partial charge >= 0.3 is 0 Å². The molecule has 2 aromatic heterocycles. The first-order chi connectivity index (χ1) is 16.5. The fourth-order valence-electron chi connectivity index (χ4n) is 3.64. The Morgan fingerprint density at radius 2 is 1.79 bits per heavy atom. The Labute approximate surface area is 200 Å². The van der Waals surface area contributed by atoms with Crippen molar-refractivity contribution in [2.24, 2.45) is 0 Å². The molecule has 5 rings (SSSR count). The molecule has 0 aliphatic carbocycles. The van der Waals surface area contributed by atoms with E-state index >= 15 is 0 Å². The van der Waals surface area contributed by atoms with E-state index in [1.807, 2.05) is 54.6 Å². The van der Waals surface area contributed by atoms with Gasteiger partial charge in [0.1, 0.15) is 17.4 Å². The second-order valence-electron chi connectivity index (χ2n) is 7.56. The molecule has 5 aromatic rings. The number of nitrogens with one attached hydrogen (secondary N) is 1. The molecule has 0 saturated heterocycles. The standard InChI is InChI=1S/C25H20ClFN6O/c1-34-18-10-8-17(9-11-18)33-23(28)21-22(16-7-12-20(27)19(26)13-16)30-25(31-24(21)32-33)29-14-15-5-3-2-4-6-15/h2-13H,14,28H2,1H3,(H,29,31,32). The number of nitrogens with zero attached hydrogens (tertiary/aromatic N) is 4. The topological polar surface area (TPSA) is 90.9 Å². The zero-order chi connectivity index (χ0) is 23.7. The predicted octanol–water partition coefficient (Wildman–Crippen LogP) is 5.48. The first-order valence-corrected chi connectivity index (χ1v) is 10.8. The summed E-state index contributed by atoms with van der Waals surface area (Å²) in [5, 5.41) is 8.40. The van der Waals surface area contributed by atoms with Gasteiger partial charge in [0.2, 0.25) is 5.95 Å². The summed E-state index contributed by atoms with van der Waals surface area (Å²) >= 11 is 6.07. The van der Waals surface area contributed by atoms with Gasteiger partial charge in [-0.15, -0.1) is 5.10 Å². The van der Waals surface area contributed by atoms with Crippen LogP contribution in [0.15, 0.2) is 72.8 Å². The molecular formula is C25H20ClFN6O. The molecule has 0 fully saturated rings. The van der Waals surface area contributed by atoms with E-state index in [4.69, 9.17) is 27.1 Å². The Bertz CT molecular complexity index is 1470. The monoisotopic (exact) mass is 474 g/mol. The van der Waals surface area contributed by atoms with Gasteiger partial charge in [0.15, 0.2) is 5.65 Å². The van der Waals surface area contributed by atoms with Crippen molar-refractivity contribution in [1.29, 1.82) is 0 Å². The third-order valence-electron chi connectivity index (χ3n) is 5.37. The maximum atomic E-state index is 13.9. The number of methoxy groups -OCH3 is 1. The molecule has 3 aromatic carbocycles. The van der Waals surface area contributed by atoms with Gasteiger partial charge in [-0.2, -0.15) is 4.98 Å². The fourth-order valence-corrected chi connectivity index (χ4v) is 3.82. The van der Waals surface area contributed by atoms with E-state index in [1.165, 1.54) is 12.1 Å². The van der Waals surface area contributed by atoms with Crippen LogP contribution < -0.4 is 15.8 Å². The van der Waals surface area contributed by atoms with Crippen LogP contribution in [0.25, 0.3) is 28.0 Å². The Kier molecular flexibility index (Phi) is 5.73. The highest BCUT2D eigenvalue weighted by Gasteiger charge is 2.20. The highest BCUT2D eigenvalue weighted by Crippen LogP contribution is 2.34. The number of rotatable bonds is 6. The van der Waals surface area contributed by atoms with Crippen molar-refractivity contribution in [3.8, 4) is 22.7 Å². The van der Waals surface area contributed by atoms with Crippen LogP contribution in [0.2, 0.25) is 5.02 Å². The first kappa shape index (κ1) is 21.7. The molecule has 9 heteroatoms. The van der Waals surface area contributed by atoms with Crippen molar-refractivity contribution in [3.05, 3.63) is 89.2 Å². The maximum absolute atomic E-state index is 13.9. The van der Waals surface area contributed by atoms with Crippen LogP contribution in [0.4, 0.5) is 16.2 Å². The van der Waals surface area contributed by atoms with Gasteiger partial charge in [-0.25, -0.2) is 14.1 Å². The number of ether oxygens (including phenoxy) is 1. The lowest BCUT2D eigenvalue weighted by Crippen LogP contribution is -2.05. The van der Waals surface area contributed by atoms with Crippen molar-refractivity contribution in [3.63, 3.8) is 0 Å². The second kappa shape index (κ2) is 8.99. The molecule has 34 heavy (non-hydrogen) atoms. The molecule has 0 amide bonds. The lowest BCUT2D eigenvalue weighted by molar-refractivity contribution is 0.414. The van der Waals surface area contributed by atoms with Gasteiger partial charge in [0, 0.05) is 12.1 Å². The van der Waals surface area contributed by atoms with Crippen molar-refractivity contribution in [1.82, 2.24) is 19.7 Å². The molecule has 0 bridgehead atoms. The summed E-state index contributed by atoms with van der Waals surface area (Å²) in [5.41, 5.74) is 9.83. The number of anilines is 2. The minimum atomic E-state index is -0.514. The smallest absolute Gasteiger partial charge is 0.225 e. The Morgan fingerprint density at radius 1 is 1.03 bits per heavy atom. The number of benzene rings is 3. The van der Waals surface area contributed by atoms with E-state index in [2.05, 4.69) is 15.4 Å². The van der Waals surface area contributed by atoms with Gasteiger partial charge in [-0.05, 0) is 48.0 Å². The molecule has 0 atom stereocenters. The number of halogens is 2. The highest BCUT2D eigenvalue weighted by atomic mass is 35.5. The van der Waals surface area contributed by atoms with Crippen molar-refractivity contribution in [2.45, 2.75) is 6.54 Å². The van der Waals surface area contributed by atoms with Crippen LogP contribution in [-0.4, -0.2) is 26.9 Å². The van der Waals surface area contributed by atoms with E-state index in [0.29, 0.717) is 46.4 Å². The van der Waals surface area contributed by atoms with Crippen LogP contribution in [0.1, 0.15) is 5.56 Å². The zero-order valence-corrected chi connectivity index (χ0v) is 18.9.